The molecule has 1 atom stereocenters. The molecule has 1 aliphatic carbocycles. The van der Waals surface area contributed by atoms with Crippen LogP contribution in [0.3, 0.4) is 0 Å². The molecule has 0 unspecified atom stereocenters. The molecule has 1 aromatic carbocycles. The predicted molar refractivity (Wildman–Crippen MR) is 101 cm³/mol. The third-order valence-corrected chi connectivity index (χ3v) is 5.30. The van der Waals surface area contributed by atoms with Gasteiger partial charge in [-0.15, -0.1) is 0 Å². The standard InChI is InChI=1S/C21H30N2O3/c1-15(2)26-19-9-7-16(8-10-19)11-12-22-21(25)17-13-20(24)23(14-17)18-5-3-4-6-18/h7-10,15,17-18H,3-6,11-14H2,1-2H3,(H,22,25)/t17-/m1/s1. The first-order chi connectivity index (χ1) is 12.5. The first-order valence-corrected chi connectivity index (χ1v) is 9.85. The molecule has 2 aliphatic rings. The molecule has 0 aromatic heterocycles. The van der Waals surface area contributed by atoms with Gasteiger partial charge in [0.05, 0.1) is 12.0 Å². The number of likely N-dealkylation sites (tertiary alicyclic amines) is 1. The molecule has 1 aliphatic heterocycles. The second kappa shape index (κ2) is 8.56. The van der Waals surface area contributed by atoms with E-state index in [1.165, 1.54) is 12.8 Å². The van der Waals surface area contributed by atoms with E-state index in [0.29, 0.717) is 25.6 Å². The lowest BCUT2D eigenvalue weighted by molar-refractivity contribution is -0.130. The summed E-state index contributed by atoms with van der Waals surface area (Å²) >= 11 is 0. The third-order valence-electron chi connectivity index (χ3n) is 5.30. The van der Waals surface area contributed by atoms with E-state index < -0.39 is 0 Å². The van der Waals surface area contributed by atoms with Gasteiger partial charge in [-0.05, 0) is 50.8 Å². The van der Waals surface area contributed by atoms with Crippen molar-refractivity contribution < 1.29 is 14.3 Å². The lowest BCUT2D eigenvalue weighted by Gasteiger charge is -2.23. The van der Waals surface area contributed by atoms with Crippen molar-refractivity contribution in [2.45, 2.75) is 64.5 Å². The highest BCUT2D eigenvalue weighted by Gasteiger charge is 2.38. The summed E-state index contributed by atoms with van der Waals surface area (Å²) in [4.78, 5) is 26.6. The number of nitrogens with zero attached hydrogens (tertiary/aromatic N) is 1. The molecule has 3 rings (SSSR count). The van der Waals surface area contributed by atoms with Crippen LogP contribution in [0.15, 0.2) is 24.3 Å². The van der Waals surface area contributed by atoms with Crippen LogP contribution in [0.4, 0.5) is 0 Å². The Bertz CT molecular complexity index is 621. The molecule has 26 heavy (non-hydrogen) atoms. The topological polar surface area (TPSA) is 58.6 Å². The van der Waals surface area contributed by atoms with E-state index in [1.807, 2.05) is 43.0 Å². The molecular weight excluding hydrogens is 328 g/mol. The first-order valence-electron chi connectivity index (χ1n) is 9.85. The molecule has 2 amide bonds. The number of carbonyl (C=O) groups is 2. The lowest BCUT2D eigenvalue weighted by atomic mass is 10.1. The average molecular weight is 358 g/mol. The van der Waals surface area contributed by atoms with Gasteiger partial charge in [0.2, 0.25) is 11.8 Å². The van der Waals surface area contributed by atoms with E-state index >= 15 is 0 Å². The number of hydrogen-bond acceptors (Lipinski definition) is 3. The Morgan fingerprint density at radius 3 is 2.58 bits per heavy atom. The zero-order valence-corrected chi connectivity index (χ0v) is 15.9. The van der Waals surface area contributed by atoms with Gasteiger partial charge in [-0.25, -0.2) is 0 Å². The number of nitrogens with one attached hydrogen (secondary N) is 1. The minimum Gasteiger partial charge on any atom is -0.491 e. The number of benzene rings is 1. The number of ether oxygens (including phenoxy) is 1. The van der Waals surface area contributed by atoms with Crippen LogP contribution in [0.5, 0.6) is 5.75 Å². The smallest absolute Gasteiger partial charge is 0.225 e. The van der Waals surface area contributed by atoms with Crippen LogP contribution in [-0.2, 0) is 16.0 Å². The fraction of sp³-hybridized carbons (Fsp3) is 0.619. The summed E-state index contributed by atoms with van der Waals surface area (Å²) in [5, 5.41) is 3.00. The normalized spacial score (nSPS) is 20.8. The third kappa shape index (κ3) is 4.77. The highest BCUT2D eigenvalue weighted by Crippen LogP contribution is 2.29. The molecule has 5 nitrogen and oxygen atoms in total. The number of hydrogen-bond donors (Lipinski definition) is 1. The van der Waals surface area contributed by atoms with Gasteiger partial charge in [0, 0.05) is 25.6 Å². The van der Waals surface area contributed by atoms with Gasteiger partial charge in [0.1, 0.15) is 5.75 Å². The molecule has 0 spiro atoms. The number of amides is 2. The van der Waals surface area contributed by atoms with Gasteiger partial charge in [-0.2, -0.15) is 0 Å². The number of carbonyl (C=O) groups excluding carboxylic acids is 2. The van der Waals surface area contributed by atoms with E-state index in [4.69, 9.17) is 4.74 Å². The highest BCUT2D eigenvalue weighted by molar-refractivity contribution is 5.89. The fourth-order valence-electron chi connectivity index (χ4n) is 3.96. The minimum atomic E-state index is -0.190. The molecule has 1 N–H and O–H groups in total. The van der Waals surface area contributed by atoms with E-state index in [2.05, 4.69) is 5.32 Å². The van der Waals surface area contributed by atoms with Gasteiger partial charge in [0.25, 0.3) is 0 Å². The van der Waals surface area contributed by atoms with Crippen molar-refractivity contribution >= 4 is 11.8 Å². The van der Waals surface area contributed by atoms with Gasteiger partial charge in [-0.1, -0.05) is 25.0 Å². The van der Waals surface area contributed by atoms with E-state index in [9.17, 15) is 9.59 Å². The van der Waals surface area contributed by atoms with Crippen LogP contribution in [0.2, 0.25) is 0 Å². The van der Waals surface area contributed by atoms with Gasteiger partial charge in [-0.3, -0.25) is 9.59 Å². The van der Waals surface area contributed by atoms with Crippen LogP contribution in [0.25, 0.3) is 0 Å². The second-order valence-electron chi connectivity index (χ2n) is 7.74. The molecule has 1 saturated heterocycles. The van der Waals surface area contributed by atoms with Crippen molar-refractivity contribution in [2.24, 2.45) is 5.92 Å². The molecule has 2 fully saturated rings. The summed E-state index contributed by atoms with van der Waals surface area (Å²) in [5.41, 5.74) is 1.16. The Hall–Kier alpha value is -2.04. The summed E-state index contributed by atoms with van der Waals surface area (Å²) in [5.74, 6) is 0.838. The van der Waals surface area contributed by atoms with Crippen molar-refractivity contribution in [3.05, 3.63) is 29.8 Å². The van der Waals surface area contributed by atoms with Crippen LogP contribution in [0, 0.1) is 5.92 Å². The predicted octanol–water partition coefficient (Wildman–Crippen LogP) is 2.92. The summed E-state index contributed by atoms with van der Waals surface area (Å²) in [6.45, 7) is 5.20. The summed E-state index contributed by atoms with van der Waals surface area (Å²) in [6, 6.07) is 8.36. The van der Waals surface area contributed by atoms with Crippen LogP contribution in [0.1, 0.15) is 51.5 Å². The van der Waals surface area contributed by atoms with Crippen molar-refractivity contribution in [3.8, 4) is 5.75 Å². The summed E-state index contributed by atoms with van der Waals surface area (Å²) < 4.78 is 5.64. The van der Waals surface area contributed by atoms with Crippen molar-refractivity contribution in [3.63, 3.8) is 0 Å². The zero-order valence-electron chi connectivity index (χ0n) is 15.9. The quantitative estimate of drug-likeness (QED) is 0.815. The largest absolute Gasteiger partial charge is 0.491 e. The molecule has 0 bridgehead atoms. The van der Waals surface area contributed by atoms with Crippen molar-refractivity contribution in [1.29, 1.82) is 0 Å². The van der Waals surface area contributed by atoms with Gasteiger partial charge < -0.3 is 15.0 Å². The summed E-state index contributed by atoms with van der Waals surface area (Å²) in [6.07, 6.45) is 5.90. The Morgan fingerprint density at radius 1 is 1.23 bits per heavy atom. The monoisotopic (exact) mass is 358 g/mol. The van der Waals surface area contributed by atoms with Crippen molar-refractivity contribution in [2.75, 3.05) is 13.1 Å². The van der Waals surface area contributed by atoms with Crippen molar-refractivity contribution in [1.82, 2.24) is 10.2 Å². The molecule has 0 radical (unpaired) electrons. The Morgan fingerprint density at radius 2 is 1.92 bits per heavy atom. The maximum Gasteiger partial charge on any atom is 0.225 e. The molecular formula is C21H30N2O3. The van der Waals surface area contributed by atoms with Crippen LogP contribution >= 0.6 is 0 Å². The molecule has 1 saturated carbocycles. The molecule has 1 heterocycles. The molecule has 142 valence electrons. The zero-order chi connectivity index (χ0) is 18.5. The van der Waals surface area contributed by atoms with E-state index in [0.717, 1.165) is 30.6 Å². The molecule has 5 heteroatoms. The number of rotatable bonds is 7. The van der Waals surface area contributed by atoms with E-state index in [1.54, 1.807) is 0 Å². The minimum absolute atomic E-state index is 0.0126. The molecule has 1 aromatic rings. The first kappa shape index (κ1) is 18.7. The van der Waals surface area contributed by atoms with Crippen LogP contribution < -0.4 is 10.1 Å². The summed E-state index contributed by atoms with van der Waals surface area (Å²) in [7, 11) is 0. The Kier molecular flexibility index (Phi) is 6.17. The highest BCUT2D eigenvalue weighted by atomic mass is 16.5. The SMILES string of the molecule is CC(C)Oc1ccc(CCNC(=O)[C@@H]2CC(=O)N(C3CCCC3)C2)cc1. The second-order valence-corrected chi connectivity index (χ2v) is 7.74. The fourth-order valence-corrected chi connectivity index (χ4v) is 3.96. The van der Waals surface area contributed by atoms with Crippen LogP contribution in [-0.4, -0.2) is 41.9 Å². The van der Waals surface area contributed by atoms with Gasteiger partial charge in [0.15, 0.2) is 0 Å². The average Bonchev–Trinajstić information content (AvgIpc) is 3.25. The Labute approximate surface area is 156 Å². The Balaban J connectivity index is 1.42. The lowest BCUT2D eigenvalue weighted by Crippen LogP contribution is -2.37. The van der Waals surface area contributed by atoms with E-state index in [-0.39, 0.29) is 23.8 Å². The maximum absolute atomic E-state index is 12.4. The van der Waals surface area contributed by atoms with Gasteiger partial charge >= 0.3 is 0 Å². The maximum atomic E-state index is 12.4.